The Morgan fingerprint density at radius 1 is 0.825 bits per heavy atom. The van der Waals surface area contributed by atoms with Crippen molar-refractivity contribution >= 4 is 45.9 Å². The average molecular weight is 783 g/mol. The van der Waals surface area contributed by atoms with Gasteiger partial charge in [0.2, 0.25) is 11.8 Å². The van der Waals surface area contributed by atoms with Gasteiger partial charge >= 0.3 is 12.2 Å². The van der Waals surface area contributed by atoms with Gasteiger partial charge in [0.25, 0.3) is 0 Å². The maximum Gasteiger partial charge on any atom is 0.407 e. The molecule has 304 valence electrons. The first kappa shape index (κ1) is 40.8. The van der Waals surface area contributed by atoms with Crippen LogP contribution in [0, 0.1) is 17.8 Å². The lowest BCUT2D eigenvalue weighted by molar-refractivity contribution is -0.138. The molecule has 1 aliphatic rings. The van der Waals surface area contributed by atoms with Crippen molar-refractivity contribution in [1.82, 2.24) is 40.4 Å². The third-order valence-electron chi connectivity index (χ3n) is 10.8. The molecule has 4 N–H and O–H groups in total. The number of aromatic nitrogens is 4. The van der Waals surface area contributed by atoms with Gasteiger partial charge in [0.05, 0.1) is 50.1 Å². The largest absolute Gasteiger partial charge is 0.456 e. The molecule has 6 rings (SSSR count). The van der Waals surface area contributed by atoms with E-state index < -0.39 is 24.3 Å². The molecule has 0 radical (unpaired) electrons. The van der Waals surface area contributed by atoms with Crippen molar-refractivity contribution in [3.63, 3.8) is 0 Å². The number of fused-ring (bicyclic) bond motifs is 3. The number of carbonyl (C=O) groups excluding carboxylic acids is 4. The van der Waals surface area contributed by atoms with Crippen LogP contribution in [0.5, 0.6) is 0 Å². The van der Waals surface area contributed by atoms with Crippen molar-refractivity contribution in [2.24, 2.45) is 17.8 Å². The molecule has 4 atom stereocenters. The summed E-state index contributed by atoms with van der Waals surface area (Å²) < 4.78 is 16.0. The first-order valence-corrected chi connectivity index (χ1v) is 19.6. The van der Waals surface area contributed by atoms with Gasteiger partial charge in [0.1, 0.15) is 34.9 Å². The quantitative estimate of drug-likeness (QED) is 0.0948. The molecule has 4 heterocycles. The molecule has 1 fully saturated rings. The minimum atomic E-state index is -0.756. The van der Waals surface area contributed by atoms with Crippen molar-refractivity contribution in [2.75, 3.05) is 27.3 Å². The van der Waals surface area contributed by atoms with Crippen LogP contribution in [0.15, 0.2) is 53.2 Å². The van der Waals surface area contributed by atoms with Gasteiger partial charge in [-0.15, -0.1) is 0 Å². The van der Waals surface area contributed by atoms with E-state index in [1.54, 1.807) is 22.2 Å². The smallest absolute Gasteiger partial charge is 0.407 e. The number of nitrogens with zero attached hydrogens (tertiary/aromatic N) is 4. The summed E-state index contributed by atoms with van der Waals surface area (Å²) in [5.74, 6) is 0.708. The fourth-order valence-corrected chi connectivity index (χ4v) is 7.78. The van der Waals surface area contributed by atoms with Crippen molar-refractivity contribution in [3.05, 3.63) is 60.4 Å². The lowest BCUT2D eigenvalue weighted by atomic mass is 9.97. The number of nitrogens with one attached hydrogen (secondary N) is 4. The Hall–Kier alpha value is -5.86. The topological polar surface area (TPSA) is 188 Å². The lowest BCUT2D eigenvalue weighted by Gasteiger charge is -2.36. The van der Waals surface area contributed by atoms with Gasteiger partial charge in [0.15, 0.2) is 0 Å². The van der Waals surface area contributed by atoms with Crippen LogP contribution < -0.4 is 10.6 Å². The Morgan fingerprint density at radius 2 is 1.39 bits per heavy atom. The normalized spacial score (nSPS) is 16.0. The van der Waals surface area contributed by atoms with Crippen molar-refractivity contribution in [2.45, 2.75) is 85.5 Å². The first-order valence-electron chi connectivity index (χ1n) is 19.6. The molecule has 2 aromatic carbocycles. The molecule has 4 amide bonds. The zero-order valence-corrected chi connectivity index (χ0v) is 34.1. The molecule has 15 heteroatoms. The number of rotatable bonds is 13. The highest BCUT2D eigenvalue weighted by atomic mass is 16.5. The van der Waals surface area contributed by atoms with Crippen LogP contribution in [0.1, 0.15) is 85.0 Å². The Balaban J connectivity index is 1.23. The van der Waals surface area contributed by atoms with E-state index >= 15 is 0 Å². The first-order chi connectivity index (χ1) is 27.3. The van der Waals surface area contributed by atoms with E-state index in [4.69, 9.17) is 23.9 Å². The van der Waals surface area contributed by atoms with E-state index in [1.807, 2.05) is 84.9 Å². The van der Waals surface area contributed by atoms with E-state index in [2.05, 4.69) is 20.6 Å². The average Bonchev–Trinajstić information content (AvgIpc) is 4.02. The summed E-state index contributed by atoms with van der Waals surface area (Å²) >= 11 is 0. The number of hydrogen-bond donors (Lipinski definition) is 4. The Labute approximate surface area is 332 Å². The molecule has 5 aromatic rings. The van der Waals surface area contributed by atoms with E-state index in [9.17, 15) is 19.2 Å². The zero-order chi connectivity index (χ0) is 41.1. The molecule has 0 unspecified atom stereocenters. The number of aromatic amines is 2. The molecule has 0 saturated carbocycles. The molecule has 1 saturated heterocycles. The summed E-state index contributed by atoms with van der Waals surface area (Å²) in [5.41, 5.74) is 4.76. The zero-order valence-electron chi connectivity index (χ0n) is 34.1. The predicted octanol–water partition coefficient (Wildman–Crippen LogP) is 7.34. The number of ether oxygens (including phenoxy) is 2. The molecular formula is C42H54N8O7. The van der Waals surface area contributed by atoms with Gasteiger partial charge in [-0.25, -0.2) is 19.6 Å². The number of carbonyl (C=O) groups is 4. The second-order valence-electron chi connectivity index (χ2n) is 15.6. The predicted molar refractivity (Wildman–Crippen MR) is 216 cm³/mol. The van der Waals surface area contributed by atoms with Crippen molar-refractivity contribution in [3.8, 4) is 22.5 Å². The summed E-state index contributed by atoms with van der Waals surface area (Å²) in [6.45, 7) is 14.6. The third-order valence-corrected chi connectivity index (χ3v) is 10.8. The number of furan rings is 1. The van der Waals surface area contributed by atoms with Gasteiger partial charge in [0, 0.05) is 35.0 Å². The molecule has 0 aliphatic carbocycles. The Kier molecular flexibility index (Phi) is 12.2. The number of alkyl carbamates (subject to hydrolysis) is 2. The van der Waals surface area contributed by atoms with Crippen LogP contribution in [-0.4, -0.2) is 93.1 Å². The van der Waals surface area contributed by atoms with Crippen LogP contribution >= 0.6 is 0 Å². The van der Waals surface area contributed by atoms with Gasteiger partial charge < -0.3 is 44.3 Å². The summed E-state index contributed by atoms with van der Waals surface area (Å²) in [5, 5.41) is 7.33. The molecule has 0 bridgehead atoms. The molecule has 57 heavy (non-hydrogen) atoms. The number of amides is 4. The van der Waals surface area contributed by atoms with E-state index in [-0.39, 0.29) is 41.7 Å². The second kappa shape index (κ2) is 17.1. The summed E-state index contributed by atoms with van der Waals surface area (Å²) in [4.78, 5) is 71.5. The highest BCUT2D eigenvalue weighted by molar-refractivity contribution is 6.06. The van der Waals surface area contributed by atoms with Crippen molar-refractivity contribution in [1.29, 1.82) is 0 Å². The van der Waals surface area contributed by atoms with Crippen LogP contribution in [-0.2, 0) is 19.1 Å². The number of benzene rings is 2. The van der Waals surface area contributed by atoms with E-state index in [0.717, 1.165) is 46.1 Å². The van der Waals surface area contributed by atoms with E-state index in [1.165, 1.54) is 14.2 Å². The fraction of sp³-hybridized carbons (Fsp3) is 0.476. The van der Waals surface area contributed by atoms with Crippen LogP contribution in [0.25, 0.3) is 44.5 Å². The maximum atomic E-state index is 13.9. The molecule has 1 aliphatic heterocycles. The maximum absolute atomic E-state index is 13.9. The fourth-order valence-electron chi connectivity index (χ4n) is 7.78. The van der Waals surface area contributed by atoms with Gasteiger partial charge in [-0.3, -0.25) is 9.59 Å². The Bertz CT molecular complexity index is 2240. The number of likely N-dealkylation sites (N-methyl/N-ethyl adjacent to an activating group) is 1. The molecule has 0 spiro atoms. The lowest BCUT2D eigenvalue weighted by Crippen LogP contribution is -2.52. The third kappa shape index (κ3) is 8.33. The highest BCUT2D eigenvalue weighted by Gasteiger charge is 2.38. The minimum Gasteiger partial charge on any atom is -0.456 e. The van der Waals surface area contributed by atoms with Crippen molar-refractivity contribution < 1.29 is 33.1 Å². The summed E-state index contributed by atoms with van der Waals surface area (Å²) in [6.07, 6.45) is 3.84. The van der Waals surface area contributed by atoms with E-state index in [0.29, 0.717) is 35.9 Å². The molecule has 3 aromatic heterocycles. The summed E-state index contributed by atoms with van der Waals surface area (Å²) in [7, 11) is 2.56. The number of H-pyrrole nitrogens is 2. The van der Waals surface area contributed by atoms with Crippen LogP contribution in [0.4, 0.5) is 9.59 Å². The summed E-state index contributed by atoms with van der Waals surface area (Å²) in [6, 6.07) is 9.99. The standard InChI is InChI=1S/C42H54N8O7/c1-10-49(39(51)34(22(2)3)47-41(53)55-8)36(24(6)7)38-44-21-30(46-38)26-14-16-28-27-15-13-25(18-32(27)57-33(28)19-26)29-20-43-37(45-29)31-12-11-17-50(31)40(52)35(23(4)5)48-42(54)56-9/h13-16,18-24,31,34-36H,10-12,17H2,1-9H3,(H,43,45)(H,44,46)(H,47,53)(H,48,54)/t31-,34-,35-,36-/m0/s1. The number of likely N-dealkylation sites (tertiary alicyclic amines) is 1. The molecular weight excluding hydrogens is 729 g/mol. The minimum absolute atomic E-state index is 0.0176. The second-order valence-corrected chi connectivity index (χ2v) is 15.6. The SMILES string of the molecule is CCN(C(=O)[C@@H](NC(=O)OC)C(C)C)[C@H](c1ncc(-c2ccc3c(c2)oc2cc(-c4cnc([C@@H]5CCCN5C(=O)[C@@H](NC(=O)OC)C(C)C)[nH]4)ccc23)[nH]1)C(C)C. The monoisotopic (exact) mass is 782 g/mol. The van der Waals surface area contributed by atoms with Crippen LogP contribution in [0.3, 0.4) is 0 Å². The van der Waals surface area contributed by atoms with Gasteiger partial charge in [-0.05, 0) is 61.8 Å². The highest BCUT2D eigenvalue weighted by Crippen LogP contribution is 2.37. The number of hydrogen-bond acceptors (Lipinski definition) is 9. The molecule has 15 nitrogen and oxygen atoms in total. The number of imidazole rings is 2. The Morgan fingerprint density at radius 3 is 1.93 bits per heavy atom. The number of methoxy groups -OCH3 is 2. The van der Waals surface area contributed by atoms with Crippen LogP contribution in [0.2, 0.25) is 0 Å². The van der Waals surface area contributed by atoms with Gasteiger partial charge in [-0.1, -0.05) is 53.7 Å². The van der Waals surface area contributed by atoms with Gasteiger partial charge in [-0.2, -0.15) is 0 Å².